The minimum atomic E-state index is -0.280. The van der Waals surface area contributed by atoms with Crippen molar-refractivity contribution in [2.45, 2.75) is 19.4 Å². The molecule has 5 heteroatoms. The Hall–Kier alpha value is -1.46. The third-order valence-corrected chi connectivity index (χ3v) is 4.21. The number of halogens is 1. The molecule has 1 aliphatic rings. The van der Waals surface area contributed by atoms with Crippen LogP contribution in [0.25, 0.3) is 0 Å². The Kier molecular flexibility index (Phi) is 5.31. The topological polar surface area (TPSA) is 56.4 Å². The first-order valence-corrected chi connectivity index (χ1v) is 7.45. The molecular weight excluding hydrogens is 267 g/mol. The number of likely N-dealkylation sites (tertiary alicyclic amines) is 1. The largest absolute Gasteiger partial charge is 0.384 e. The number of amidine groups is 1. The van der Waals surface area contributed by atoms with Crippen molar-refractivity contribution in [2.75, 3.05) is 33.7 Å². The molecule has 2 rings (SSSR count). The fourth-order valence-electron chi connectivity index (χ4n) is 2.88. The maximum absolute atomic E-state index is 14.0. The third-order valence-electron chi connectivity index (χ3n) is 4.21. The first kappa shape index (κ1) is 15.9. The Bertz CT molecular complexity index is 495. The van der Waals surface area contributed by atoms with Crippen LogP contribution >= 0.6 is 0 Å². The summed E-state index contributed by atoms with van der Waals surface area (Å²) in [5, 5.41) is 7.33. The van der Waals surface area contributed by atoms with Gasteiger partial charge in [-0.3, -0.25) is 5.41 Å². The molecule has 0 unspecified atom stereocenters. The Morgan fingerprint density at radius 3 is 2.67 bits per heavy atom. The molecule has 3 N–H and O–H groups in total. The minimum Gasteiger partial charge on any atom is -0.384 e. The van der Waals surface area contributed by atoms with Gasteiger partial charge in [-0.2, -0.15) is 0 Å². The highest BCUT2D eigenvalue weighted by molar-refractivity contribution is 5.94. The number of hydrogen-bond donors (Lipinski definition) is 2. The zero-order chi connectivity index (χ0) is 15.4. The van der Waals surface area contributed by atoms with E-state index in [4.69, 9.17) is 11.1 Å². The Morgan fingerprint density at radius 1 is 1.43 bits per heavy atom. The molecular formula is C16H25FN4. The van der Waals surface area contributed by atoms with Crippen molar-refractivity contribution in [3.63, 3.8) is 0 Å². The van der Waals surface area contributed by atoms with Gasteiger partial charge in [-0.1, -0.05) is 12.1 Å². The summed E-state index contributed by atoms with van der Waals surface area (Å²) in [7, 11) is 4.20. The van der Waals surface area contributed by atoms with E-state index in [0.29, 0.717) is 23.6 Å². The molecule has 0 aliphatic carbocycles. The highest BCUT2D eigenvalue weighted by Gasteiger charge is 2.18. The predicted octanol–water partition coefficient (Wildman–Crippen LogP) is 1.88. The van der Waals surface area contributed by atoms with Crippen LogP contribution in [-0.2, 0) is 6.54 Å². The van der Waals surface area contributed by atoms with Crippen molar-refractivity contribution >= 4 is 5.84 Å². The molecule has 0 amide bonds. The van der Waals surface area contributed by atoms with Crippen LogP contribution in [0.1, 0.15) is 24.0 Å². The van der Waals surface area contributed by atoms with E-state index in [1.807, 2.05) is 7.05 Å². The average molecular weight is 292 g/mol. The summed E-state index contributed by atoms with van der Waals surface area (Å²) in [5.74, 6) is 0.323. The van der Waals surface area contributed by atoms with Gasteiger partial charge >= 0.3 is 0 Å². The van der Waals surface area contributed by atoms with E-state index in [1.165, 1.54) is 18.9 Å². The summed E-state index contributed by atoms with van der Waals surface area (Å²) in [4.78, 5) is 4.54. The fraction of sp³-hybridized carbons (Fsp3) is 0.562. The van der Waals surface area contributed by atoms with Crippen LogP contribution < -0.4 is 5.73 Å². The Morgan fingerprint density at radius 2 is 2.10 bits per heavy atom. The van der Waals surface area contributed by atoms with Crippen molar-refractivity contribution in [1.82, 2.24) is 9.80 Å². The maximum Gasteiger partial charge on any atom is 0.128 e. The van der Waals surface area contributed by atoms with Gasteiger partial charge in [0.05, 0.1) is 0 Å². The minimum absolute atomic E-state index is 0.0971. The lowest BCUT2D eigenvalue weighted by molar-refractivity contribution is 0.172. The van der Waals surface area contributed by atoms with E-state index in [1.54, 1.807) is 12.1 Å². The summed E-state index contributed by atoms with van der Waals surface area (Å²) < 4.78 is 14.0. The summed E-state index contributed by atoms with van der Waals surface area (Å²) in [5.41, 5.74) is 6.47. The lowest BCUT2D eigenvalue weighted by Crippen LogP contribution is -2.35. The number of nitrogens with two attached hydrogens (primary N) is 1. The van der Waals surface area contributed by atoms with Crippen molar-refractivity contribution in [2.24, 2.45) is 11.7 Å². The number of nitrogens with zero attached hydrogens (tertiary/aromatic N) is 2. The second kappa shape index (κ2) is 7.00. The lowest BCUT2D eigenvalue weighted by Gasteiger charge is -2.31. The van der Waals surface area contributed by atoms with Crippen molar-refractivity contribution in [3.05, 3.63) is 35.1 Å². The second-order valence-corrected chi connectivity index (χ2v) is 6.16. The van der Waals surface area contributed by atoms with Crippen LogP contribution in [-0.4, -0.2) is 49.4 Å². The second-order valence-electron chi connectivity index (χ2n) is 6.16. The van der Waals surface area contributed by atoms with E-state index in [2.05, 4.69) is 16.8 Å². The van der Waals surface area contributed by atoms with Gasteiger partial charge in [0.2, 0.25) is 0 Å². The summed E-state index contributed by atoms with van der Waals surface area (Å²) in [6.45, 7) is 3.90. The van der Waals surface area contributed by atoms with E-state index >= 15 is 0 Å². The predicted molar refractivity (Wildman–Crippen MR) is 84.0 cm³/mol. The maximum atomic E-state index is 14.0. The molecule has 0 aromatic heterocycles. The summed E-state index contributed by atoms with van der Waals surface area (Å²) in [6, 6.07) is 4.79. The molecule has 4 nitrogen and oxygen atoms in total. The van der Waals surface area contributed by atoms with Gasteiger partial charge in [0.1, 0.15) is 11.7 Å². The van der Waals surface area contributed by atoms with Gasteiger partial charge in [-0.15, -0.1) is 0 Å². The zero-order valence-electron chi connectivity index (χ0n) is 12.9. The molecule has 1 aromatic carbocycles. The highest BCUT2D eigenvalue weighted by atomic mass is 19.1. The van der Waals surface area contributed by atoms with Crippen LogP contribution in [0, 0.1) is 17.1 Å². The number of nitrogens with one attached hydrogen (secondary N) is 1. The van der Waals surface area contributed by atoms with Gasteiger partial charge in [-0.05, 0) is 52.0 Å². The standard InChI is InChI=1S/C16H25FN4/c1-20-7-5-12(6-8-20)10-21(2)11-14-4-3-13(16(18)19)9-15(14)17/h3-4,9,12H,5-8,10-11H2,1-2H3,(H3,18,19). The average Bonchev–Trinajstić information content (AvgIpc) is 2.43. The molecule has 1 heterocycles. The number of hydrogen-bond acceptors (Lipinski definition) is 3. The smallest absolute Gasteiger partial charge is 0.128 e. The Balaban J connectivity index is 1.90. The monoisotopic (exact) mass is 292 g/mol. The van der Waals surface area contributed by atoms with E-state index in [0.717, 1.165) is 19.6 Å². The zero-order valence-corrected chi connectivity index (χ0v) is 12.9. The van der Waals surface area contributed by atoms with E-state index < -0.39 is 0 Å². The molecule has 1 fully saturated rings. The van der Waals surface area contributed by atoms with Crippen molar-refractivity contribution in [1.29, 1.82) is 5.41 Å². The summed E-state index contributed by atoms with van der Waals surface area (Å²) in [6.07, 6.45) is 2.43. The molecule has 116 valence electrons. The molecule has 0 radical (unpaired) electrons. The molecule has 0 atom stereocenters. The molecule has 1 aliphatic heterocycles. The van der Waals surface area contributed by atoms with Crippen LogP contribution in [0.5, 0.6) is 0 Å². The number of nitrogen functional groups attached to an aromatic ring is 1. The number of piperidine rings is 1. The first-order valence-electron chi connectivity index (χ1n) is 7.45. The normalized spacial score (nSPS) is 17.3. The van der Waals surface area contributed by atoms with Gasteiger partial charge < -0.3 is 15.5 Å². The van der Waals surface area contributed by atoms with Crippen molar-refractivity contribution < 1.29 is 4.39 Å². The number of rotatable bonds is 5. The van der Waals surface area contributed by atoms with Gasteiger partial charge in [0.15, 0.2) is 0 Å². The van der Waals surface area contributed by atoms with Crippen LogP contribution in [0.15, 0.2) is 18.2 Å². The third kappa shape index (κ3) is 4.51. The van der Waals surface area contributed by atoms with Gasteiger partial charge in [0.25, 0.3) is 0 Å². The highest BCUT2D eigenvalue weighted by Crippen LogP contribution is 2.18. The SMILES string of the molecule is CN1CCC(CN(C)Cc2ccc(C(=N)N)cc2F)CC1. The fourth-order valence-corrected chi connectivity index (χ4v) is 2.88. The van der Waals surface area contributed by atoms with Crippen LogP contribution in [0.3, 0.4) is 0 Å². The van der Waals surface area contributed by atoms with E-state index in [-0.39, 0.29) is 11.7 Å². The lowest BCUT2D eigenvalue weighted by atomic mass is 9.96. The molecule has 1 saturated heterocycles. The first-order chi connectivity index (χ1) is 9.95. The summed E-state index contributed by atoms with van der Waals surface area (Å²) >= 11 is 0. The van der Waals surface area contributed by atoms with Crippen LogP contribution in [0.4, 0.5) is 4.39 Å². The molecule has 0 bridgehead atoms. The number of benzene rings is 1. The quantitative estimate of drug-likeness (QED) is 0.643. The Labute approximate surface area is 126 Å². The van der Waals surface area contributed by atoms with E-state index in [9.17, 15) is 4.39 Å². The van der Waals surface area contributed by atoms with Gasteiger partial charge in [-0.25, -0.2) is 4.39 Å². The molecule has 1 aromatic rings. The molecule has 21 heavy (non-hydrogen) atoms. The van der Waals surface area contributed by atoms with Gasteiger partial charge in [0, 0.05) is 24.2 Å². The van der Waals surface area contributed by atoms with Crippen LogP contribution in [0.2, 0.25) is 0 Å². The molecule has 0 spiro atoms. The van der Waals surface area contributed by atoms with Crippen molar-refractivity contribution in [3.8, 4) is 0 Å². The molecule has 0 saturated carbocycles.